The molecule has 1 aromatic carbocycles. The van der Waals surface area contributed by atoms with Crippen LogP contribution in [0.15, 0.2) is 12.1 Å². The van der Waals surface area contributed by atoms with Crippen LogP contribution in [0.5, 0.6) is 0 Å². The molecule has 1 aromatic rings. The zero-order valence-electron chi connectivity index (χ0n) is 9.69. The second-order valence-corrected chi connectivity index (χ2v) is 4.41. The Kier molecular flexibility index (Phi) is 3.48. The van der Waals surface area contributed by atoms with E-state index in [0.29, 0.717) is 25.0 Å². The summed E-state index contributed by atoms with van der Waals surface area (Å²) < 4.78 is 26.1. The number of aliphatic hydroxyl groups is 1. The van der Waals surface area contributed by atoms with Gasteiger partial charge in [0, 0.05) is 6.04 Å². The maximum absolute atomic E-state index is 13.1. The smallest absolute Gasteiger partial charge is 0.336 e. The lowest BCUT2D eigenvalue weighted by Crippen LogP contribution is -2.47. The van der Waals surface area contributed by atoms with Crippen LogP contribution in [-0.2, 0) is 0 Å². The van der Waals surface area contributed by atoms with Crippen molar-refractivity contribution in [3.8, 4) is 0 Å². The number of carbonyl (C=O) groups is 2. The topological polar surface area (TPSA) is 86.6 Å². The summed E-state index contributed by atoms with van der Waals surface area (Å²) in [6.45, 7) is 0. The van der Waals surface area contributed by atoms with Gasteiger partial charge in [-0.15, -0.1) is 0 Å². The number of hydrogen-bond donors (Lipinski definition) is 3. The van der Waals surface area contributed by atoms with Crippen LogP contribution < -0.4 is 5.32 Å². The summed E-state index contributed by atoms with van der Waals surface area (Å²) in [6.07, 6.45) is 0.226. The van der Waals surface area contributed by atoms with Crippen molar-refractivity contribution in [2.75, 3.05) is 0 Å². The van der Waals surface area contributed by atoms with Gasteiger partial charge >= 0.3 is 5.97 Å². The van der Waals surface area contributed by atoms with E-state index in [1.807, 2.05) is 0 Å². The van der Waals surface area contributed by atoms with E-state index in [-0.39, 0.29) is 6.04 Å². The van der Waals surface area contributed by atoms with Gasteiger partial charge in [0.05, 0.1) is 17.2 Å². The molecule has 0 atom stereocenters. The van der Waals surface area contributed by atoms with Crippen molar-refractivity contribution < 1.29 is 28.6 Å². The molecular formula is C12H11F2NO4. The first kappa shape index (κ1) is 13.4. The molecule has 7 heteroatoms. The standard InChI is InChI=1S/C12H11F2NO4/c13-9-3-7(8(12(18)19)4-10(9)14)11(17)15-5-1-6(16)2-5/h3-6,16H,1-2H2,(H,15,17)(H,18,19). The van der Waals surface area contributed by atoms with Gasteiger partial charge in [-0.25, -0.2) is 13.6 Å². The maximum Gasteiger partial charge on any atom is 0.336 e. The van der Waals surface area contributed by atoms with Crippen molar-refractivity contribution in [3.05, 3.63) is 34.9 Å². The highest BCUT2D eigenvalue weighted by molar-refractivity contribution is 6.04. The zero-order valence-corrected chi connectivity index (χ0v) is 9.69. The predicted octanol–water partition coefficient (Wildman–Crippen LogP) is 0.916. The van der Waals surface area contributed by atoms with E-state index in [2.05, 4.69) is 5.32 Å². The number of carboxylic acid groups (broad SMARTS) is 1. The van der Waals surface area contributed by atoms with Gasteiger partial charge in [-0.1, -0.05) is 0 Å². The van der Waals surface area contributed by atoms with Gasteiger partial charge in [0.25, 0.3) is 5.91 Å². The highest BCUT2D eigenvalue weighted by Crippen LogP contribution is 2.21. The van der Waals surface area contributed by atoms with E-state index >= 15 is 0 Å². The van der Waals surface area contributed by atoms with Crippen molar-refractivity contribution in [3.63, 3.8) is 0 Å². The fourth-order valence-electron chi connectivity index (χ4n) is 1.88. The number of rotatable bonds is 3. The molecule has 0 spiro atoms. The van der Waals surface area contributed by atoms with Crippen LogP contribution in [0, 0.1) is 11.6 Å². The van der Waals surface area contributed by atoms with Gasteiger partial charge in [-0.3, -0.25) is 4.79 Å². The third-order valence-electron chi connectivity index (χ3n) is 2.98. The number of benzene rings is 1. The molecule has 1 aliphatic rings. The Morgan fingerprint density at radius 2 is 1.68 bits per heavy atom. The Morgan fingerprint density at radius 1 is 1.16 bits per heavy atom. The molecule has 0 bridgehead atoms. The highest BCUT2D eigenvalue weighted by Gasteiger charge is 2.30. The average Bonchev–Trinajstić information content (AvgIpc) is 2.29. The zero-order chi connectivity index (χ0) is 14.2. The Morgan fingerprint density at radius 3 is 2.16 bits per heavy atom. The van der Waals surface area contributed by atoms with Crippen LogP contribution in [0.2, 0.25) is 0 Å². The van der Waals surface area contributed by atoms with E-state index in [9.17, 15) is 18.4 Å². The molecule has 0 aliphatic heterocycles. The average molecular weight is 271 g/mol. The van der Waals surface area contributed by atoms with Crippen LogP contribution in [0.1, 0.15) is 33.6 Å². The highest BCUT2D eigenvalue weighted by atomic mass is 19.2. The Hall–Kier alpha value is -2.02. The molecule has 2 rings (SSSR count). The number of hydrogen-bond acceptors (Lipinski definition) is 3. The van der Waals surface area contributed by atoms with Crippen molar-refractivity contribution >= 4 is 11.9 Å². The summed E-state index contributed by atoms with van der Waals surface area (Å²) in [5.74, 6) is -4.93. The Balaban J connectivity index is 2.24. The van der Waals surface area contributed by atoms with E-state index in [4.69, 9.17) is 10.2 Å². The van der Waals surface area contributed by atoms with E-state index in [0.717, 1.165) is 0 Å². The minimum Gasteiger partial charge on any atom is -0.478 e. The third-order valence-corrected chi connectivity index (χ3v) is 2.98. The predicted molar refractivity (Wildman–Crippen MR) is 59.8 cm³/mol. The van der Waals surface area contributed by atoms with Crippen molar-refractivity contribution in [1.82, 2.24) is 5.32 Å². The molecule has 0 saturated heterocycles. The Bertz CT molecular complexity index is 541. The molecule has 1 fully saturated rings. The monoisotopic (exact) mass is 271 g/mol. The lowest BCUT2D eigenvalue weighted by atomic mass is 9.89. The van der Waals surface area contributed by atoms with Crippen molar-refractivity contribution in [2.24, 2.45) is 0 Å². The van der Waals surface area contributed by atoms with E-state index in [1.54, 1.807) is 0 Å². The molecule has 102 valence electrons. The molecule has 1 aliphatic carbocycles. The number of amides is 1. The third kappa shape index (κ3) is 2.70. The summed E-state index contributed by atoms with van der Waals surface area (Å²) in [6, 6.07) is 0.753. The number of carboxylic acids is 1. The molecule has 1 amide bonds. The molecule has 1 saturated carbocycles. The molecule has 0 radical (unpaired) electrons. The van der Waals surface area contributed by atoms with Gasteiger partial charge in [-0.05, 0) is 25.0 Å². The van der Waals surface area contributed by atoms with Crippen LogP contribution in [0.25, 0.3) is 0 Å². The first-order chi connectivity index (χ1) is 8.88. The molecule has 3 N–H and O–H groups in total. The van der Waals surface area contributed by atoms with Gasteiger partial charge in [0.2, 0.25) is 0 Å². The van der Waals surface area contributed by atoms with E-state index in [1.165, 1.54) is 0 Å². The van der Waals surface area contributed by atoms with Gasteiger partial charge in [0.1, 0.15) is 0 Å². The Labute approximate surface area is 106 Å². The largest absolute Gasteiger partial charge is 0.478 e. The van der Waals surface area contributed by atoms with Crippen LogP contribution in [0.4, 0.5) is 8.78 Å². The summed E-state index contributed by atoms with van der Waals surface area (Å²) >= 11 is 0. The van der Waals surface area contributed by atoms with Crippen LogP contribution in [0.3, 0.4) is 0 Å². The first-order valence-corrected chi connectivity index (χ1v) is 5.59. The maximum atomic E-state index is 13.1. The molecule has 0 heterocycles. The molecular weight excluding hydrogens is 260 g/mol. The van der Waals surface area contributed by atoms with E-state index < -0.39 is 40.7 Å². The van der Waals surface area contributed by atoms with Crippen LogP contribution >= 0.6 is 0 Å². The minimum atomic E-state index is -1.52. The van der Waals surface area contributed by atoms with Crippen molar-refractivity contribution in [2.45, 2.75) is 25.0 Å². The lowest BCUT2D eigenvalue weighted by molar-refractivity contribution is 0.0556. The number of aromatic carboxylic acids is 1. The summed E-state index contributed by atoms with van der Waals surface area (Å²) in [7, 11) is 0. The van der Waals surface area contributed by atoms with Gasteiger partial charge < -0.3 is 15.5 Å². The number of halogens is 2. The second kappa shape index (κ2) is 4.93. The second-order valence-electron chi connectivity index (χ2n) is 4.41. The fraction of sp³-hybridized carbons (Fsp3) is 0.333. The molecule has 5 nitrogen and oxygen atoms in total. The normalized spacial score (nSPS) is 21.6. The minimum absolute atomic E-state index is 0.280. The first-order valence-electron chi connectivity index (χ1n) is 5.59. The summed E-state index contributed by atoms with van der Waals surface area (Å²) in [5, 5.41) is 20.4. The SMILES string of the molecule is O=C(O)c1cc(F)c(F)cc1C(=O)NC1CC(O)C1. The van der Waals surface area contributed by atoms with Gasteiger partial charge in [-0.2, -0.15) is 0 Å². The molecule has 19 heavy (non-hydrogen) atoms. The summed E-state index contributed by atoms with van der Waals surface area (Å²) in [5.41, 5.74) is -1.04. The molecule has 0 unspecified atom stereocenters. The fourth-order valence-corrected chi connectivity index (χ4v) is 1.88. The number of carbonyl (C=O) groups excluding carboxylic acids is 1. The van der Waals surface area contributed by atoms with Crippen molar-refractivity contribution in [1.29, 1.82) is 0 Å². The lowest BCUT2D eigenvalue weighted by Gasteiger charge is -2.32. The number of nitrogens with one attached hydrogen (secondary N) is 1. The number of aliphatic hydroxyl groups excluding tert-OH is 1. The van der Waals surface area contributed by atoms with Gasteiger partial charge in [0.15, 0.2) is 11.6 Å². The quantitative estimate of drug-likeness (QED) is 0.762. The van der Waals surface area contributed by atoms with Crippen LogP contribution in [-0.4, -0.2) is 34.2 Å². The molecule has 0 aromatic heterocycles. The summed E-state index contributed by atoms with van der Waals surface area (Å²) in [4.78, 5) is 22.7.